The summed E-state index contributed by atoms with van der Waals surface area (Å²) in [6.45, 7) is 0. The Balaban J connectivity index is 1.60. The van der Waals surface area contributed by atoms with Crippen molar-refractivity contribution in [2.45, 2.75) is 12.1 Å². The lowest BCUT2D eigenvalue weighted by molar-refractivity contribution is 0.603. The van der Waals surface area contributed by atoms with Gasteiger partial charge in [0.15, 0.2) is 19.7 Å². The van der Waals surface area contributed by atoms with Crippen LogP contribution in [-0.2, 0) is 19.7 Å². The summed E-state index contributed by atoms with van der Waals surface area (Å²) in [5.74, 6) is 0.0248. The second-order valence-corrected chi connectivity index (χ2v) is 12.8. The van der Waals surface area contributed by atoms with Crippen molar-refractivity contribution in [3.63, 3.8) is 0 Å². The van der Waals surface area contributed by atoms with Crippen LogP contribution in [0.5, 0.6) is 0 Å². The van der Waals surface area contributed by atoms with Gasteiger partial charge in [-0.25, -0.2) is 16.8 Å². The quantitative estimate of drug-likeness (QED) is 0.437. The first-order chi connectivity index (χ1) is 14.3. The van der Waals surface area contributed by atoms with Crippen LogP contribution in [0.25, 0.3) is 0 Å². The number of rotatable bonds is 7. The monoisotopic (exact) mass is 480 g/mol. The highest BCUT2D eigenvalue weighted by atomic mass is 33.1. The summed E-state index contributed by atoms with van der Waals surface area (Å²) in [6.07, 6.45) is 3.39. The van der Waals surface area contributed by atoms with E-state index in [4.69, 9.17) is 0 Å². The number of anilines is 2. The van der Waals surface area contributed by atoms with Crippen molar-refractivity contribution in [2.75, 3.05) is 20.1 Å². The van der Waals surface area contributed by atoms with Gasteiger partial charge in [0.2, 0.25) is 0 Å². The van der Waals surface area contributed by atoms with Crippen LogP contribution in [0.1, 0.15) is 0 Å². The third-order valence-corrected chi connectivity index (χ3v) is 9.91. The Kier molecular flexibility index (Phi) is 6.19. The van der Waals surface area contributed by atoms with Gasteiger partial charge in [-0.1, -0.05) is 36.4 Å². The van der Waals surface area contributed by atoms with Gasteiger partial charge in [0.1, 0.15) is 0 Å². The highest BCUT2D eigenvalue weighted by Crippen LogP contribution is 2.41. The van der Waals surface area contributed by atoms with Crippen molar-refractivity contribution < 1.29 is 16.8 Å². The molecule has 4 rings (SSSR count). The average Bonchev–Trinajstić information content (AvgIpc) is 3.27. The molecule has 6 nitrogen and oxygen atoms in total. The Morgan fingerprint density at radius 3 is 1.30 bits per heavy atom. The van der Waals surface area contributed by atoms with E-state index in [-0.39, 0.29) is 23.6 Å². The molecule has 0 aliphatic carbocycles. The molecule has 2 aromatic rings. The molecule has 0 bridgehead atoms. The molecule has 158 valence electrons. The van der Waals surface area contributed by atoms with Crippen molar-refractivity contribution in [1.29, 1.82) is 0 Å². The molecule has 0 fully saturated rings. The van der Waals surface area contributed by atoms with Gasteiger partial charge in [-0.2, -0.15) is 0 Å². The fraction of sp³-hybridized carbons (Fsp3) is 0.200. The average molecular weight is 481 g/mol. The standard InChI is InChI=1S/C20H20N2O4S4/c23-29(24)13-11-19(15-29)21(17-7-3-1-4-8-17)27-28-22(18-9-5-2-6-10-18)20-12-14-30(25,26)16-20/h1-14,19-20H,15-16H2. The van der Waals surface area contributed by atoms with E-state index < -0.39 is 19.7 Å². The fourth-order valence-electron chi connectivity index (χ4n) is 3.21. The van der Waals surface area contributed by atoms with E-state index in [0.717, 1.165) is 11.4 Å². The van der Waals surface area contributed by atoms with Crippen molar-refractivity contribution >= 4 is 53.0 Å². The third kappa shape index (κ3) is 5.05. The minimum Gasteiger partial charge on any atom is -0.298 e. The Hall–Kier alpha value is -1.88. The number of hydrogen-bond acceptors (Lipinski definition) is 8. The van der Waals surface area contributed by atoms with Crippen LogP contribution in [0.2, 0.25) is 0 Å². The second kappa shape index (κ2) is 8.70. The van der Waals surface area contributed by atoms with E-state index in [9.17, 15) is 16.8 Å². The zero-order valence-corrected chi connectivity index (χ0v) is 19.1. The van der Waals surface area contributed by atoms with Gasteiger partial charge in [-0.15, -0.1) is 0 Å². The molecule has 0 N–H and O–H groups in total. The van der Waals surface area contributed by atoms with Crippen molar-refractivity contribution in [3.05, 3.63) is 83.6 Å². The first-order valence-electron chi connectivity index (χ1n) is 9.18. The van der Waals surface area contributed by atoms with Gasteiger partial charge in [-0.3, -0.25) is 8.61 Å². The van der Waals surface area contributed by atoms with Crippen LogP contribution in [0.15, 0.2) is 83.6 Å². The molecule has 0 saturated heterocycles. The minimum absolute atomic E-state index is 0.0124. The van der Waals surface area contributed by atoms with Gasteiger partial charge in [-0.05, 0) is 36.4 Å². The van der Waals surface area contributed by atoms with Crippen molar-refractivity contribution in [3.8, 4) is 0 Å². The lowest BCUT2D eigenvalue weighted by Crippen LogP contribution is -2.33. The summed E-state index contributed by atoms with van der Waals surface area (Å²) in [6, 6.07) is 18.5. The van der Waals surface area contributed by atoms with Crippen LogP contribution < -0.4 is 8.61 Å². The largest absolute Gasteiger partial charge is 0.298 e. The maximum absolute atomic E-state index is 12.0. The molecule has 10 heteroatoms. The first-order valence-corrected chi connectivity index (χ1v) is 14.7. The van der Waals surface area contributed by atoms with E-state index in [1.165, 1.54) is 32.8 Å². The van der Waals surface area contributed by atoms with Crippen LogP contribution in [0.4, 0.5) is 11.4 Å². The Labute approximate surface area is 185 Å². The predicted octanol–water partition coefficient (Wildman–Crippen LogP) is 3.83. The zero-order valence-electron chi connectivity index (χ0n) is 15.8. The number of para-hydroxylation sites is 2. The zero-order chi connectivity index (χ0) is 21.2. The van der Waals surface area contributed by atoms with E-state index in [2.05, 4.69) is 0 Å². The Morgan fingerprint density at radius 2 is 1.00 bits per heavy atom. The van der Waals surface area contributed by atoms with Crippen LogP contribution in [-0.4, -0.2) is 40.4 Å². The molecule has 0 radical (unpaired) electrons. The van der Waals surface area contributed by atoms with Crippen molar-refractivity contribution in [1.82, 2.24) is 0 Å². The molecule has 0 aromatic heterocycles. The summed E-state index contributed by atoms with van der Waals surface area (Å²) in [7, 11) is -3.65. The maximum Gasteiger partial charge on any atom is 0.173 e. The maximum atomic E-state index is 12.0. The molecule has 0 saturated carbocycles. The summed E-state index contributed by atoms with van der Waals surface area (Å²) in [5.41, 5.74) is 1.76. The predicted molar refractivity (Wildman–Crippen MR) is 126 cm³/mol. The smallest absolute Gasteiger partial charge is 0.173 e. The Morgan fingerprint density at radius 1 is 0.633 bits per heavy atom. The summed E-state index contributed by atoms with van der Waals surface area (Å²) in [4.78, 5) is 0. The van der Waals surface area contributed by atoms with E-state index >= 15 is 0 Å². The number of nitrogens with zero attached hydrogens (tertiary/aromatic N) is 2. The van der Waals surface area contributed by atoms with Gasteiger partial charge in [0.05, 0.1) is 23.6 Å². The molecule has 2 atom stereocenters. The topological polar surface area (TPSA) is 74.8 Å². The van der Waals surface area contributed by atoms with Gasteiger partial charge in [0, 0.05) is 44.2 Å². The molecule has 2 unspecified atom stereocenters. The van der Waals surface area contributed by atoms with Crippen LogP contribution in [0.3, 0.4) is 0 Å². The number of benzene rings is 2. The molecule has 2 aromatic carbocycles. The van der Waals surface area contributed by atoms with Crippen LogP contribution >= 0.6 is 22.0 Å². The molecule has 2 aliphatic heterocycles. The molecule has 30 heavy (non-hydrogen) atoms. The van der Waals surface area contributed by atoms with Crippen molar-refractivity contribution in [2.24, 2.45) is 0 Å². The lowest BCUT2D eigenvalue weighted by atomic mass is 10.2. The minimum atomic E-state index is -3.22. The SMILES string of the molecule is O=S1(=O)C=CC(N(SSN(c2ccccc2)C2C=CS(=O)(=O)C2)c2ccccc2)C1. The molecule has 0 spiro atoms. The number of hydrogen-bond donors (Lipinski definition) is 0. The first kappa shape index (κ1) is 21.4. The molecule has 2 aliphatic rings. The Bertz CT molecular complexity index is 1060. The normalized spacial score (nSPS) is 23.5. The number of sulfone groups is 2. The lowest BCUT2D eigenvalue weighted by Gasteiger charge is -2.32. The highest BCUT2D eigenvalue weighted by Gasteiger charge is 2.32. The summed E-state index contributed by atoms with van der Waals surface area (Å²) in [5, 5.41) is 2.53. The molecule has 2 heterocycles. The second-order valence-electron chi connectivity index (χ2n) is 6.92. The summed E-state index contributed by atoms with van der Waals surface area (Å²) < 4.78 is 51.9. The molecular weight excluding hydrogens is 460 g/mol. The van der Waals surface area contributed by atoms with Gasteiger partial charge in [0.25, 0.3) is 0 Å². The third-order valence-electron chi connectivity index (χ3n) is 4.64. The summed E-state index contributed by atoms with van der Waals surface area (Å²) >= 11 is 0. The van der Waals surface area contributed by atoms with Crippen LogP contribution in [0, 0.1) is 0 Å². The highest BCUT2D eigenvalue weighted by molar-refractivity contribution is 8.77. The van der Waals surface area contributed by atoms with Gasteiger partial charge < -0.3 is 0 Å². The fourth-order valence-corrected chi connectivity index (χ4v) is 8.62. The molecule has 0 amide bonds. The molecular formula is C20H20N2O4S4. The van der Waals surface area contributed by atoms with E-state index in [1.807, 2.05) is 69.3 Å². The van der Waals surface area contributed by atoms with E-state index in [1.54, 1.807) is 12.2 Å². The van der Waals surface area contributed by atoms with Gasteiger partial charge >= 0.3 is 0 Å². The van der Waals surface area contributed by atoms with E-state index in [0.29, 0.717) is 0 Å².